The standard InChI is InChI=1S/C15H14N6O4/c1-21-8-10(18-20-21)15-17-13(19-25-15)7-14(22)16-9-2-3-11-12(6-9)24-5-4-23-11/h2-3,6,8H,4-5,7H2,1H3,(H,16,22). The van der Waals surface area contributed by atoms with Gasteiger partial charge >= 0.3 is 0 Å². The lowest BCUT2D eigenvalue weighted by molar-refractivity contribution is -0.115. The molecule has 2 aromatic heterocycles. The van der Waals surface area contributed by atoms with E-state index in [1.165, 1.54) is 4.68 Å². The van der Waals surface area contributed by atoms with Gasteiger partial charge in [-0.3, -0.25) is 9.48 Å². The number of nitrogens with zero attached hydrogens (tertiary/aromatic N) is 5. The maximum atomic E-state index is 12.2. The molecule has 1 amide bonds. The molecule has 25 heavy (non-hydrogen) atoms. The number of rotatable bonds is 4. The predicted molar refractivity (Wildman–Crippen MR) is 84.1 cm³/mol. The van der Waals surface area contributed by atoms with E-state index in [-0.39, 0.29) is 24.0 Å². The molecule has 0 radical (unpaired) electrons. The Morgan fingerprint density at radius 2 is 2.12 bits per heavy atom. The zero-order chi connectivity index (χ0) is 17.2. The number of aromatic nitrogens is 5. The van der Waals surface area contributed by atoms with Crippen LogP contribution in [0.15, 0.2) is 28.9 Å². The summed E-state index contributed by atoms with van der Waals surface area (Å²) in [4.78, 5) is 16.3. The Balaban J connectivity index is 1.41. The van der Waals surface area contributed by atoms with Crippen LogP contribution in [0.1, 0.15) is 5.82 Å². The highest BCUT2D eigenvalue weighted by Crippen LogP contribution is 2.32. The number of nitrogens with one attached hydrogen (secondary N) is 1. The highest BCUT2D eigenvalue weighted by atomic mass is 16.6. The van der Waals surface area contributed by atoms with E-state index in [2.05, 4.69) is 25.8 Å². The Morgan fingerprint density at radius 1 is 1.28 bits per heavy atom. The number of benzene rings is 1. The minimum Gasteiger partial charge on any atom is -0.486 e. The molecule has 128 valence electrons. The fraction of sp³-hybridized carbons (Fsp3) is 0.267. The first kappa shape index (κ1) is 15.1. The van der Waals surface area contributed by atoms with Crippen molar-refractivity contribution in [3.05, 3.63) is 30.2 Å². The van der Waals surface area contributed by atoms with Crippen LogP contribution in [-0.4, -0.2) is 44.3 Å². The van der Waals surface area contributed by atoms with Crippen molar-refractivity contribution in [3.63, 3.8) is 0 Å². The number of carbonyl (C=O) groups is 1. The van der Waals surface area contributed by atoms with Crippen LogP contribution in [0.2, 0.25) is 0 Å². The first-order valence-corrected chi connectivity index (χ1v) is 7.56. The lowest BCUT2D eigenvalue weighted by atomic mass is 10.2. The molecule has 1 aliphatic heterocycles. The molecular weight excluding hydrogens is 328 g/mol. The summed E-state index contributed by atoms with van der Waals surface area (Å²) >= 11 is 0. The van der Waals surface area contributed by atoms with Crippen molar-refractivity contribution in [2.75, 3.05) is 18.5 Å². The van der Waals surface area contributed by atoms with E-state index in [1.807, 2.05) is 0 Å². The van der Waals surface area contributed by atoms with Crippen LogP contribution in [-0.2, 0) is 18.3 Å². The second-order valence-electron chi connectivity index (χ2n) is 5.38. The van der Waals surface area contributed by atoms with Gasteiger partial charge in [0.15, 0.2) is 23.0 Å². The van der Waals surface area contributed by atoms with Crippen molar-refractivity contribution in [2.45, 2.75) is 6.42 Å². The summed E-state index contributed by atoms with van der Waals surface area (Å²) in [5.41, 5.74) is 1.06. The Hall–Kier alpha value is -3.43. The highest BCUT2D eigenvalue weighted by Gasteiger charge is 2.16. The largest absolute Gasteiger partial charge is 0.486 e. The average molecular weight is 342 g/mol. The smallest absolute Gasteiger partial charge is 0.280 e. The maximum absolute atomic E-state index is 12.2. The van der Waals surface area contributed by atoms with Crippen LogP contribution in [0, 0.1) is 0 Å². The summed E-state index contributed by atoms with van der Waals surface area (Å²) in [7, 11) is 1.73. The van der Waals surface area contributed by atoms with Crippen molar-refractivity contribution in [1.82, 2.24) is 25.1 Å². The average Bonchev–Trinajstić information content (AvgIpc) is 3.23. The van der Waals surface area contributed by atoms with Crippen LogP contribution in [0.4, 0.5) is 5.69 Å². The minimum atomic E-state index is -0.275. The summed E-state index contributed by atoms with van der Waals surface area (Å²) in [5, 5.41) is 14.2. The molecule has 0 bridgehead atoms. The number of hydrogen-bond donors (Lipinski definition) is 1. The van der Waals surface area contributed by atoms with Gasteiger partial charge in [-0.2, -0.15) is 4.98 Å². The molecule has 1 N–H and O–H groups in total. The number of fused-ring (bicyclic) bond motifs is 1. The fourth-order valence-electron chi connectivity index (χ4n) is 2.35. The molecule has 0 saturated heterocycles. The van der Waals surface area contributed by atoms with Gasteiger partial charge in [-0.1, -0.05) is 10.4 Å². The molecular formula is C15H14N6O4. The molecule has 0 saturated carbocycles. The summed E-state index contributed by atoms with van der Waals surface area (Å²) < 4.78 is 17.5. The molecule has 3 heterocycles. The van der Waals surface area contributed by atoms with Gasteiger partial charge in [0.05, 0.1) is 12.6 Å². The first-order chi connectivity index (χ1) is 12.2. The van der Waals surface area contributed by atoms with Crippen LogP contribution in [0.5, 0.6) is 11.5 Å². The number of amides is 1. The number of aryl methyl sites for hydroxylation is 1. The number of ether oxygens (including phenoxy) is 2. The topological polar surface area (TPSA) is 117 Å². The summed E-state index contributed by atoms with van der Waals surface area (Å²) in [6, 6.07) is 5.21. The fourth-order valence-corrected chi connectivity index (χ4v) is 2.35. The normalized spacial score (nSPS) is 12.8. The Kier molecular flexibility index (Phi) is 3.77. The van der Waals surface area contributed by atoms with Crippen LogP contribution < -0.4 is 14.8 Å². The predicted octanol–water partition coefficient (Wildman–Crippen LogP) is 0.817. The van der Waals surface area contributed by atoms with Gasteiger partial charge in [-0.05, 0) is 12.1 Å². The summed E-state index contributed by atoms with van der Waals surface area (Å²) in [5.74, 6) is 1.47. The van der Waals surface area contributed by atoms with Crippen LogP contribution >= 0.6 is 0 Å². The molecule has 0 fully saturated rings. The second kappa shape index (κ2) is 6.23. The highest BCUT2D eigenvalue weighted by molar-refractivity contribution is 5.92. The number of hydrogen-bond acceptors (Lipinski definition) is 8. The lowest BCUT2D eigenvalue weighted by Crippen LogP contribution is -2.17. The van der Waals surface area contributed by atoms with Crippen molar-refractivity contribution in [3.8, 4) is 23.1 Å². The molecule has 4 rings (SSSR count). The Morgan fingerprint density at radius 3 is 2.92 bits per heavy atom. The minimum absolute atomic E-state index is 0.0296. The molecule has 1 aromatic carbocycles. The van der Waals surface area contributed by atoms with Gasteiger partial charge in [-0.25, -0.2) is 0 Å². The molecule has 10 heteroatoms. The number of anilines is 1. The van der Waals surface area contributed by atoms with E-state index in [0.29, 0.717) is 36.1 Å². The molecule has 0 aliphatic carbocycles. The van der Waals surface area contributed by atoms with E-state index in [9.17, 15) is 4.79 Å². The summed E-state index contributed by atoms with van der Waals surface area (Å²) in [6.07, 6.45) is 1.62. The SMILES string of the molecule is Cn1cc(-c2nc(CC(=O)Nc3ccc4c(c3)OCCO4)no2)nn1. The Bertz CT molecular complexity index is 918. The van der Waals surface area contributed by atoms with Gasteiger partial charge < -0.3 is 19.3 Å². The molecule has 1 aliphatic rings. The van der Waals surface area contributed by atoms with E-state index >= 15 is 0 Å². The zero-order valence-corrected chi connectivity index (χ0v) is 13.3. The molecule has 0 atom stereocenters. The molecule has 0 unspecified atom stereocenters. The van der Waals surface area contributed by atoms with Crippen LogP contribution in [0.3, 0.4) is 0 Å². The van der Waals surface area contributed by atoms with Crippen molar-refractivity contribution in [2.24, 2.45) is 7.05 Å². The Labute approximate surface area is 141 Å². The van der Waals surface area contributed by atoms with E-state index in [1.54, 1.807) is 31.4 Å². The second-order valence-corrected chi connectivity index (χ2v) is 5.38. The maximum Gasteiger partial charge on any atom is 0.280 e. The quantitative estimate of drug-likeness (QED) is 0.740. The van der Waals surface area contributed by atoms with Gasteiger partial charge in [0.2, 0.25) is 5.91 Å². The van der Waals surface area contributed by atoms with Crippen molar-refractivity contribution < 1.29 is 18.8 Å². The molecule has 0 spiro atoms. The van der Waals surface area contributed by atoms with Gasteiger partial charge in [0, 0.05) is 18.8 Å². The lowest BCUT2D eigenvalue weighted by Gasteiger charge is -2.18. The van der Waals surface area contributed by atoms with E-state index < -0.39 is 0 Å². The third-order valence-corrected chi connectivity index (χ3v) is 3.43. The number of carbonyl (C=O) groups excluding carboxylic acids is 1. The monoisotopic (exact) mass is 342 g/mol. The van der Waals surface area contributed by atoms with Gasteiger partial charge in [-0.15, -0.1) is 5.10 Å². The van der Waals surface area contributed by atoms with Crippen molar-refractivity contribution >= 4 is 11.6 Å². The first-order valence-electron chi connectivity index (χ1n) is 7.56. The van der Waals surface area contributed by atoms with Crippen molar-refractivity contribution in [1.29, 1.82) is 0 Å². The van der Waals surface area contributed by atoms with Gasteiger partial charge in [0.25, 0.3) is 5.89 Å². The zero-order valence-electron chi connectivity index (χ0n) is 13.3. The molecule has 3 aromatic rings. The van der Waals surface area contributed by atoms with Crippen LogP contribution in [0.25, 0.3) is 11.6 Å². The molecule has 10 nitrogen and oxygen atoms in total. The third-order valence-electron chi connectivity index (χ3n) is 3.43. The van der Waals surface area contributed by atoms with E-state index in [4.69, 9.17) is 14.0 Å². The summed E-state index contributed by atoms with van der Waals surface area (Å²) in [6.45, 7) is 1.00. The third kappa shape index (κ3) is 3.27. The van der Waals surface area contributed by atoms with E-state index in [0.717, 1.165) is 0 Å². The van der Waals surface area contributed by atoms with Gasteiger partial charge in [0.1, 0.15) is 13.2 Å².